The molecule has 0 aromatic heterocycles. The van der Waals surface area contributed by atoms with Crippen molar-refractivity contribution in [1.82, 2.24) is 0 Å². The summed E-state index contributed by atoms with van der Waals surface area (Å²) in [6, 6.07) is 0. The van der Waals surface area contributed by atoms with Crippen molar-refractivity contribution in [2.45, 2.75) is 11.8 Å². The van der Waals surface area contributed by atoms with Crippen molar-refractivity contribution in [2.24, 2.45) is 0 Å². The smallest absolute Gasteiger partial charge is 0.0736 e. The summed E-state index contributed by atoms with van der Waals surface area (Å²) < 4.78 is 0. The Morgan fingerprint density at radius 1 is 1.38 bits per heavy atom. The SMILES string of the molecule is CC(Br)C#CC#CBr. The third-order valence-corrected chi connectivity index (χ3v) is 0.808. The second-order valence-corrected chi connectivity index (χ2v) is 2.87. The minimum Gasteiger partial charge on any atom is -0.0751 e. The molecule has 0 aliphatic carbocycles. The molecule has 0 heterocycles. The molecule has 0 aliphatic rings. The fraction of sp³-hybridized carbons (Fsp3) is 0.333. The van der Waals surface area contributed by atoms with Gasteiger partial charge in [-0.15, -0.1) is 0 Å². The molecule has 0 saturated heterocycles. The van der Waals surface area contributed by atoms with Crippen LogP contribution in [0.4, 0.5) is 0 Å². The van der Waals surface area contributed by atoms with E-state index in [1.54, 1.807) is 0 Å². The highest BCUT2D eigenvalue weighted by atomic mass is 79.9. The first-order chi connectivity index (χ1) is 3.77. The van der Waals surface area contributed by atoms with Gasteiger partial charge in [0.05, 0.1) is 4.83 Å². The molecule has 8 heavy (non-hydrogen) atoms. The third-order valence-electron chi connectivity index (χ3n) is 0.381. The third kappa shape index (κ3) is 6.08. The van der Waals surface area contributed by atoms with E-state index in [-0.39, 0.29) is 4.83 Å². The first kappa shape index (κ1) is 8.08. The van der Waals surface area contributed by atoms with Crippen molar-refractivity contribution < 1.29 is 0 Å². The van der Waals surface area contributed by atoms with E-state index in [9.17, 15) is 0 Å². The molecular formula is C6H4Br2. The van der Waals surface area contributed by atoms with Crippen molar-refractivity contribution in [1.29, 1.82) is 0 Å². The van der Waals surface area contributed by atoms with Gasteiger partial charge in [0.15, 0.2) is 0 Å². The Balaban J connectivity index is 3.62. The van der Waals surface area contributed by atoms with Gasteiger partial charge in [0.1, 0.15) is 0 Å². The van der Waals surface area contributed by atoms with Crippen LogP contribution in [0.5, 0.6) is 0 Å². The molecule has 2 heteroatoms. The van der Waals surface area contributed by atoms with Crippen LogP contribution in [0.3, 0.4) is 0 Å². The van der Waals surface area contributed by atoms with E-state index in [2.05, 4.69) is 54.5 Å². The van der Waals surface area contributed by atoms with E-state index in [0.717, 1.165) is 0 Å². The van der Waals surface area contributed by atoms with E-state index in [1.165, 1.54) is 0 Å². The van der Waals surface area contributed by atoms with Gasteiger partial charge in [-0.2, -0.15) is 0 Å². The average Bonchev–Trinajstić information content (AvgIpc) is 1.66. The summed E-state index contributed by atoms with van der Waals surface area (Å²) >= 11 is 6.17. The van der Waals surface area contributed by atoms with Crippen LogP contribution in [-0.2, 0) is 0 Å². The molecule has 0 saturated carbocycles. The van der Waals surface area contributed by atoms with Gasteiger partial charge in [-0.3, -0.25) is 0 Å². The normalized spacial score (nSPS) is 9.88. The molecule has 0 N–H and O–H groups in total. The molecule has 1 unspecified atom stereocenters. The first-order valence-corrected chi connectivity index (χ1v) is 3.73. The van der Waals surface area contributed by atoms with E-state index < -0.39 is 0 Å². The molecule has 0 nitrogen and oxygen atoms in total. The van der Waals surface area contributed by atoms with Crippen LogP contribution < -0.4 is 0 Å². The van der Waals surface area contributed by atoms with Gasteiger partial charge in [0, 0.05) is 15.9 Å². The second kappa shape index (κ2) is 5.22. The zero-order valence-corrected chi connectivity index (χ0v) is 7.51. The van der Waals surface area contributed by atoms with Crippen molar-refractivity contribution in [2.75, 3.05) is 0 Å². The summed E-state index contributed by atoms with van der Waals surface area (Å²) in [4.78, 5) is 2.72. The number of hydrogen-bond acceptors (Lipinski definition) is 0. The molecule has 0 aliphatic heterocycles. The largest absolute Gasteiger partial charge is 0.0751 e. The fourth-order valence-electron chi connectivity index (χ4n) is 0.159. The Hall–Kier alpha value is 0.0800. The predicted octanol–water partition coefficient (Wildman–Crippen LogP) is 2.13. The summed E-state index contributed by atoms with van der Waals surface area (Å²) in [7, 11) is 0. The highest BCUT2D eigenvalue weighted by Crippen LogP contribution is 1.91. The molecule has 1 atom stereocenters. The Kier molecular flexibility index (Phi) is 5.27. The van der Waals surface area contributed by atoms with Crippen molar-refractivity contribution in [3.8, 4) is 22.6 Å². The van der Waals surface area contributed by atoms with Crippen LogP contribution in [0.25, 0.3) is 0 Å². The Morgan fingerprint density at radius 3 is 2.38 bits per heavy atom. The zero-order valence-electron chi connectivity index (χ0n) is 4.33. The number of alkyl halides is 1. The lowest BCUT2D eigenvalue weighted by atomic mass is 10.5. The van der Waals surface area contributed by atoms with Crippen LogP contribution in [0.15, 0.2) is 0 Å². The molecule has 0 amide bonds. The highest BCUT2D eigenvalue weighted by Gasteiger charge is 1.79. The van der Waals surface area contributed by atoms with Gasteiger partial charge in [-0.25, -0.2) is 0 Å². The molecule has 0 bridgehead atoms. The summed E-state index contributed by atoms with van der Waals surface area (Å²) in [6.45, 7) is 1.95. The van der Waals surface area contributed by atoms with E-state index in [1.807, 2.05) is 6.92 Å². The summed E-state index contributed by atoms with van der Waals surface area (Å²) in [5, 5.41) is 0. The first-order valence-electron chi connectivity index (χ1n) is 2.02. The van der Waals surface area contributed by atoms with Crippen LogP contribution >= 0.6 is 31.9 Å². The van der Waals surface area contributed by atoms with Crippen LogP contribution in [0.2, 0.25) is 0 Å². The molecule has 0 rings (SSSR count). The average molecular weight is 236 g/mol. The summed E-state index contributed by atoms with van der Waals surface area (Å²) in [6.07, 6.45) is 0. The highest BCUT2D eigenvalue weighted by molar-refractivity contribution is 9.12. The van der Waals surface area contributed by atoms with Gasteiger partial charge in [0.25, 0.3) is 0 Å². The Labute approximate surface area is 66.3 Å². The lowest BCUT2D eigenvalue weighted by Crippen LogP contribution is -1.78. The molecule has 0 radical (unpaired) electrons. The maximum Gasteiger partial charge on any atom is 0.0736 e. The van der Waals surface area contributed by atoms with Crippen molar-refractivity contribution in [3.05, 3.63) is 0 Å². The quantitative estimate of drug-likeness (QED) is 0.446. The lowest BCUT2D eigenvalue weighted by molar-refractivity contribution is 1.33. The fourth-order valence-corrected chi connectivity index (χ4v) is 0.373. The maximum absolute atomic E-state index is 3.25. The monoisotopic (exact) mass is 234 g/mol. The molecule has 0 aromatic carbocycles. The summed E-state index contributed by atoms with van der Waals surface area (Å²) in [5.74, 6) is 7.99. The van der Waals surface area contributed by atoms with Gasteiger partial charge in [-0.05, 0) is 23.6 Å². The molecular weight excluding hydrogens is 232 g/mol. The van der Waals surface area contributed by atoms with Gasteiger partial charge in [0.2, 0.25) is 0 Å². The van der Waals surface area contributed by atoms with E-state index >= 15 is 0 Å². The molecule has 42 valence electrons. The minimum absolute atomic E-state index is 0.232. The number of rotatable bonds is 0. The molecule has 0 aromatic rings. The van der Waals surface area contributed by atoms with E-state index in [0.29, 0.717) is 0 Å². The topological polar surface area (TPSA) is 0 Å². The van der Waals surface area contributed by atoms with Crippen molar-refractivity contribution >= 4 is 31.9 Å². The Morgan fingerprint density at radius 2 is 2.00 bits per heavy atom. The summed E-state index contributed by atoms with van der Waals surface area (Å²) in [5.41, 5.74) is 0. The van der Waals surface area contributed by atoms with Crippen molar-refractivity contribution in [3.63, 3.8) is 0 Å². The van der Waals surface area contributed by atoms with Crippen LogP contribution in [0, 0.1) is 22.6 Å². The maximum atomic E-state index is 3.25. The predicted molar refractivity (Wildman–Crippen MR) is 42.9 cm³/mol. The lowest BCUT2D eigenvalue weighted by Gasteiger charge is -1.79. The molecule has 0 spiro atoms. The Bertz CT molecular complexity index is 160. The number of halogens is 2. The van der Waals surface area contributed by atoms with Crippen LogP contribution in [0.1, 0.15) is 6.92 Å². The standard InChI is InChI=1S/C6H4Br2/c1-6(8)4-2-3-5-7/h6H,1H3. The van der Waals surface area contributed by atoms with Gasteiger partial charge in [-0.1, -0.05) is 21.9 Å². The minimum atomic E-state index is 0.232. The second-order valence-electron chi connectivity index (χ2n) is 1.10. The van der Waals surface area contributed by atoms with Crippen LogP contribution in [-0.4, -0.2) is 4.83 Å². The van der Waals surface area contributed by atoms with Gasteiger partial charge < -0.3 is 0 Å². The van der Waals surface area contributed by atoms with Gasteiger partial charge >= 0.3 is 0 Å². The number of hydrogen-bond donors (Lipinski definition) is 0. The van der Waals surface area contributed by atoms with E-state index in [4.69, 9.17) is 0 Å². The zero-order chi connectivity index (χ0) is 6.41. The molecule has 0 fully saturated rings.